The Bertz CT molecular complexity index is 633. The maximum Gasteiger partial charge on any atom is 0.265 e. The second-order valence-electron chi connectivity index (χ2n) is 5.38. The van der Waals surface area contributed by atoms with Crippen molar-refractivity contribution in [2.24, 2.45) is 0 Å². The molecule has 4 nitrogen and oxygen atoms in total. The fourth-order valence-electron chi connectivity index (χ4n) is 2.66. The summed E-state index contributed by atoms with van der Waals surface area (Å²) in [5.74, 6) is 0.582. The fraction of sp³-hybridized carbons (Fsp3) is 0.353. The van der Waals surface area contributed by atoms with Crippen LogP contribution in [0.15, 0.2) is 36.4 Å². The number of methoxy groups -OCH3 is 1. The van der Waals surface area contributed by atoms with Gasteiger partial charge >= 0.3 is 0 Å². The Kier molecular flexibility index (Phi) is 4.75. The van der Waals surface area contributed by atoms with Crippen LogP contribution >= 0.6 is 11.3 Å². The van der Waals surface area contributed by atoms with Gasteiger partial charge in [0, 0.05) is 17.5 Å². The number of carbonyl (C=O) groups is 1. The Morgan fingerprint density at radius 1 is 1.41 bits per heavy atom. The monoisotopic (exact) mass is 316 g/mol. The van der Waals surface area contributed by atoms with E-state index in [0.717, 1.165) is 23.4 Å². The van der Waals surface area contributed by atoms with Crippen molar-refractivity contribution in [2.75, 3.05) is 20.2 Å². The van der Waals surface area contributed by atoms with Gasteiger partial charge in [0.25, 0.3) is 5.91 Å². The molecule has 2 N–H and O–H groups in total. The van der Waals surface area contributed by atoms with Gasteiger partial charge in [-0.15, -0.1) is 11.3 Å². The van der Waals surface area contributed by atoms with Crippen LogP contribution in [0.3, 0.4) is 0 Å². The van der Waals surface area contributed by atoms with Crippen molar-refractivity contribution in [1.29, 1.82) is 0 Å². The van der Waals surface area contributed by atoms with Crippen molar-refractivity contribution < 1.29 is 9.53 Å². The summed E-state index contributed by atoms with van der Waals surface area (Å²) in [5, 5.41) is 6.39. The number of amides is 1. The number of nitrogens with one attached hydrogen (secondary N) is 2. The van der Waals surface area contributed by atoms with E-state index in [1.807, 2.05) is 36.4 Å². The van der Waals surface area contributed by atoms with Gasteiger partial charge in [-0.05, 0) is 31.0 Å². The average Bonchev–Trinajstić information content (AvgIpc) is 3.22. The molecule has 0 aliphatic carbocycles. The third kappa shape index (κ3) is 3.31. The Balaban J connectivity index is 1.74. The molecule has 1 aliphatic rings. The molecule has 1 unspecified atom stereocenters. The molecule has 1 saturated heterocycles. The van der Waals surface area contributed by atoms with Crippen LogP contribution in [-0.2, 0) is 0 Å². The third-order valence-electron chi connectivity index (χ3n) is 3.85. The van der Waals surface area contributed by atoms with Crippen LogP contribution in [0.1, 0.15) is 22.5 Å². The number of hydrogen-bond acceptors (Lipinski definition) is 4. The van der Waals surface area contributed by atoms with Crippen molar-refractivity contribution in [3.63, 3.8) is 0 Å². The summed E-state index contributed by atoms with van der Waals surface area (Å²) in [6.45, 7) is 1.71. The second-order valence-corrected chi connectivity index (χ2v) is 6.43. The summed E-state index contributed by atoms with van der Waals surface area (Å²) >= 11 is 1.47. The van der Waals surface area contributed by atoms with Crippen LogP contribution in [0.5, 0.6) is 5.75 Å². The molecule has 22 heavy (non-hydrogen) atoms. The molecule has 1 aromatic carbocycles. The number of ether oxygens (including phenoxy) is 1. The van der Waals surface area contributed by atoms with Crippen LogP contribution in [0.4, 0.5) is 0 Å². The predicted molar refractivity (Wildman–Crippen MR) is 89.7 cm³/mol. The first-order valence-electron chi connectivity index (χ1n) is 7.53. The molecule has 1 atom stereocenters. The molecular formula is C17H20N2O2S. The zero-order chi connectivity index (χ0) is 15.4. The number of thiophene rings is 1. The van der Waals surface area contributed by atoms with E-state index < -0.39 is 0 Å². The highest BCUT2D eigenvalue weighted by Crippen LogP contribution is 2.36. The SMILES string of the molecule is COc1cc(-c2ccccc2)sc1C(=O)NCC1CCCN1. The van der Waals surface area contributed by atoms with Gasteiger partial charge in [0.15, 0.2) is 0 Å². The van der Waals surface area contributed by atoms with Gasteiger partial charge in [0.05, 0.1) is 7.11 Å². The van der Waals surface area contributed by atoms with E-state index in [9.17, 15) is 4.79 Å². The van der Waals surface area contributed by atoms with E-state index in [-0.39, 0.29) is 5.91 Å². The van der Waals surface area contributed by atoms with Crippen molar-refractivity contribution >= 4 is 17.2 Å². The van der Waals surface area contributed by atoms with Crippen molar-refractivity contribution in [1.82, 2.24) is 10.6 Å². The Morgan fingerprint density at radius 3 is 2.91 bits per heavy atom. The van der Waals surface area contributed by atoms with Gasteiger partial charge in [-0.2, -0.15) is 0 Å². The highest BCUT2D eigenvalue weighted by Gasteiger charge is 2.20. The first-order chi connectivity index (χ1) is 10.8. The summed E-state index contributed by atoms with van der Waals surface area (Å²) in [6.07, 6.45) is 2.30. The first-order valence-corrected chi connectivity index (χ1v) is 8.34. The summed E-state index contributed by atoms with van der Waals surface area (Å²) in [7, 11) is 1.60. The standard InChI is InChI=1S/C17H20N2O2S/c1-21-14-10-15(12-6-3-2-4-7-12)22-16(14)17(20)19-11-13-8-5-9-18-13/h2-4,6-7,10,13,18H,5,8-9,11H2,1H3,(H,19,20). The van der Waals surface area contributed by atoms with E-state index in [4.69, 9.17) is 4.74 Å². The van der Waals surface area contributed by atoms with Gasteiger partial charge in [-0.3, -0.25) is 4.79 Å². The van der Waals surface area contributed by atoms with Crippen LogP contribution in [-0.4, -0.2) is 32.1 Å². The van der Waals surface area contributed by atoms with Crippen LogP contribution in [0.25, 0.3) is 10.4 Å². The van der Waals surface area contributed by atoms with E-state index in [2.05, 4.69) is 10.6 Å². The molecule has 3 rings (SSSR count). The lowest BCUT2D eigenvalue weighted by atomic mass is 10.2. The number of rotatable bonds is 5. The topological polar surface area (TPSA) is 50.4 Å². The summed E-state index contributed by atoms with van der Waals surface area (Å²) in [6, 6.07) is 12.4. The molecule has 0 spiro atoms. The lowest BCUT2D eigenvalue weighted by molar-refractivity contribution is 0.0951. The quantitative estimate of drug-likeness (QED) is 0.892. The lowest BCUT2D eigenvalue weighted by Gasteiger charge is -2.11. The number of benzene rings is 1. The van der Waals surface area contributed by atoms with Crippen molar-refractivity contribution in [3.05, 3.63) is 41.3 Å². The molecule has 1 aromatic heterocycles. The fourth-order valence-corrected chi connectivity index (χ4v) is 3.70. The second kappa shape index (κ2) is 6.94. The van der Waals surface area contributed by atoms with Gasteiger partial charge in [-0.25, -0.2) is 0 Å². The molecule has 1 fully saturated rings. The minimum absolute atomic E-state index is 0.0577. The first kappa shape index (κ1) is 15.1. The minimum atomic E-state index is -0.0577. The van der Waals surface area contributed by atoms with Gasteiger partial charge < -0.3 is 15.4 Å². The highest BCUT2D eigenvalue weighted by atomic mass is 32.1. The highest BCUT2D eigenvalue weighted by molar-refractivity contribution is 7.17. The summed E-state index contributed by atoms with van der Waals surface area (Å²) in [5.41, 5.74) is 1.10. The van der Waals surface area contributed by atoms with Gasteiger partial charge in [0.1, 0.15) is 10.6 Å². The van der Waals surface area contributed by atoms with E-state index >= 15 is 0 Å². The van der Waals surface area contributed by atoms with Gasteiger partial charge in [0.2, 0.25) is 0 Å². The molecule has 1 aliphatic heterocycles. The van der Waals surface area contributed by atoms with Crippen LogP contribution in [0, 0.1) is 0 Å². The summed E-state index contributed by atoms with van der Waals surface area (Å²) < 4.78 is 5.37. The summed E-state index contributed by atoms with van der Waals surface area (Å²) in [4.78, 5) is 14.1. The van der Waals surface area contributed by atoms with Crippen LogP contribution in [0.2, 0.25) is 0 Å². The van der Waals surface area contributed by atoms with Crippen molar-refractivity contribution in [2.45, 2.75) is 18.9 Å². The maximum atomic E-state index is 12.4. The van der Waals surface area contributed by atoms with E-state index in [1.165, 1.54) is 17.8 Å². The molecule has 0 saturated carbocycles. The zero-order valence-electron chi connectivity index (χ0n) is 12.6. The van der Waals surface area contributed by atoms with Crippen LogP contribution < -0.4 is 15.4 Å². The number of hydrogen-bond donors (Lipinski definition) is 2. The van der Waals surface area contributed by atoms with Crippen molar-refractivity contribution in [3.8, 4) is 16.2 Å². The van der Waals surface area contributed by atoms with E-state index in [0.29, 0.717) is 23.2 Å². The molecular weight excluding hydrogens is 296 g/mol. The molecule has 116 valence electrons. The molecule has 5 heteroatoms. The average molecular weight is 316 g/mol. The lowest BCUT2D eigenvalue weighted by Crippen LogP contribution is -2.36. The number of carbonyl (C=O) groups excluding carboxylic acids is 1. The smallest absolute Gasteiger partial charge is 0.265 e. The molecule has 1 amide bonds. The Hall–Kier alpha value is -1.85. The molecule has 2 aromatic rings. The Morgan fingerprint density at radius 2 is 2.23 bits per heavy atom. The van der Waals surface area contributed by atoms with Gasteiger partial charge in [-0.1, -0.05) is 30.3 Å². The minimum Gasteiger partial charge on any atom is -0.495 e. The normalized spacial score (nSPS) is 17.4. The predicted octanol–water partition coefficient (Wildman–Crippen LogP) is 2.91. The largest absolute Gasteiger partial charge is 0.495 e. The zero-order valence-corrected chi connectivity index (χ0v) is 13.4. The molecule has 0 bridgehead atoms. The maximum absolute atomic E-state index is 12.4. The third-order valence-corrected chi connectivity index (χ3v) is 5.02. The Labute approximate surface area is 134 Å². The molecule has 0 radical (unpaired) electrons. The molecule has 2 heterocycles. The van der Waals surface area contributed by atoms with E-state index in [1.54, 1.807) is 7.11 Å².